The summed E-state index contributed by atoms with van der Waals surface area (Å²) in [5.74, 6) is 0. The Bertz CT molecular complexity index is 379. The third-order valence-corrected chi connectivity index (χ3v) is 5.10. The van der Waals surface area contributed by atoms with Gasteiger partial charge in [-0.25, -0.2) is 0 Å². The Morgan fingerprint density at radius 2 is 0.857 bits per heavy atom. The zero-order valence-corrected chi connectivity index (χ0v) is 24.5. The fraction of sp³-hybridized carbons (Fsp3) is 0.889. The van der Waals surface area contributed by atoms with Gasteiger partial charge in [0.1, 0.15) is 0 Å². The van der Waals surface area contributed by atoms with Crippen molar-refractivity contribution in [3.8, 4) is 0 Å². The second-order valence-corrected chi connectivity index (χ2v) is 12.0. The molecule has 0 fully saturated rings. The molecule has 0 aliphatic heterocycles. The smallest absolute Gasteiger partial charge is 0.511 e. The SMILES string of the molecule is CC(C)(C)O[Si](=O)O.CC(C)(C)O[Si](O)(OC(C)(C)C)OC(C)(C)C.[CH3-].[CH3-].[Pt+2]. The van der Waals surface area contributed by atoms with Crippen molar-refractivity contribution < 1.29 is 52.8 Å². The molecule has 0 saturated heterocycles. The van der Waals surface area contributed by atoms with Gasteiger partial charge in [-0.3, -0.25) is 4.46 Å². The van der Waals surface area contributed by atoms with E-state index in [9.17, 15) is 9.26 Å². The van der Waals surface area contributed by atoms with Crippen LogP contribution in [-0.2, 0) is 43.2 Å². The summed E-state index contributed by atoms with van der Waals surface area (Å²) in [6.07, 6.45) is 0. The van der Waals surface area contributed by atoms with Crippen LogP contribution in [0, 0.1) is 14.9 Å². The van der Waals surface area contributed by atoms with Crippen molar-refractivity contribution in [2.75, 3.05) is 0 Å². The van der Waals surface area contributed by atoms with Gasteiger partial charge in [-0.1, -0.05) is 0 Å². The van der Waals surface area contributed by atoms with Gasteiger partial charge in [0.2, 0.25) is 0 Å². The molecule has 0 spiro atoms. The molecule has 0 aromatic carbocycles. The van der Waals surface area contributed by atoms with Crippen LogP contribution in [0.1, 0.15) is 83.1 Å². The Labute approximate surface area is 191 Å². The van der Waals surface area contributed by atoms with E-state index in [0.29, 0.717) is 0 Å². The van der Waals surface area contributed by atoms with E-state index in [1.807, 2.05) is 62.3 Å². The van der Waals surface area contributed by atoms with E-state index in [0.717, 1.165) is 0 Å². The molecule has 0 unspecified atom stereocenters. The molecule has 0 aromatic rings. The van der Waals surface area contributed by atoms with Crippen LogP contribution in [0.3, 0.4) is 0 Å². The van der Waals surface area contributed by atoms with Gasteiger partial charge in [0, 0.05) is 0 Å². The maximum Gasteiger partial charge on any atom is 2.00 e. The summed E-state index contributed by atoms with van der Waals surface area (Å²) < 4.78 is 31.4. The number of hydrogen-bond donors (Lipinski definition) is 2. The van der Waals surface area contributed by atoms with E-state index < -0.39 is 40.6 Å². The Hall–Kier alpha value is 0.362. The van der Waals surface area contributed by atoms with Gasteiger partial charge in [0.25, 0.3) is 0 Å². The summed E-state index contributed by atoms with van der Waals surface area (Å²) >= 11 is 0. The Morgan fingerprint density at radius 3 is 0.929 bits per heavy atom. The van der Waals surface area contributed by atoms with E-state index >= 15 is 0 Å². The average molecular weight is 624 g/mol. The summed E-state index contributed by atoms with van der Waals surface area (Å²) in [6.45, 7) is 22.0. The summed E-state index contributed by atoms with van der Waals surface area (Å²) in [7, 11) is -6.40. The fourth-order valence-electron chi connectivity index (χ4n) is 1.49. The maximum atomic E-state index is 10.5. The van der Waals surface area contributed by atoms with Crippen molar-refractivity contribution in [3.63, 3.8) is 0 Å². The van der Waals surface area contributed by atoms with E-state index in [1.54, 1.807) is 20.8 Å². The molecule has 2 N–H and O–H groups in total. The fourth-order valence-corrected chi connectivity index (χ4v) is 4.46. The van der Waals surface area contributed by atoms with Gasteiger partial charge < -0.3 is 42.1 Å². The van der Waals surface area contributed by atoms with Crippen molar-refractivity contribution in [3.05, 3.63) is 14.9 Å². The van der Waals surface area contributed by atoms with E-state index in [1.165, 1.54) is 0 Å². The molecule has 0 aliphatic rings. The molecule has 0 atom stereocenters. The molecule has 0 aromatic heterocycles. The first-order valence-corrected chi connectivity index (χ1v) is 11.2. The van der Waals surface area contributed by atoms with Crippen LogP contribution in [0.15, 0.2) is 0 Å². The minimum atomic E-state index is -3.66. The van der Waals surface area contributed by atoms with Gasteiger partial charge in [0.05, 0.1) is 22.4 Å². The van der Waals surface area contributed by atoms with Crippen molar-refractivity contribution in [1.29, 1.82) is 0 Å². The Balaban J connectivity index is -0.000000138. The topological polar surface area (TPSA) is 94.5 Å². The zero-order valence-electron chi connectivity index (χ0n) is 20.3. The predicted octanol–water partition coefficient (Wildman–Crippen LogP) is 3.97. The van der Waals surface area contributed by atoms with E-state index in [2.05, 4.69) is 4.43 Å². The van der Waals surface area contributed by atoms with Crippen molar-refractivity contribution in [2.24, 2.45) is 0 Å². The first-order valence-electron chi connectivity index (χ1n) is 8.28. The third-order valence-electron chi connectivity index (χ3n) is 1.70. The molecule has 0 saturated carbocycles. The molecule has 0 rings (SSSR count). The zero-order chi connectivity index (χ0) is 20.9. The van der Waals surface area contributed by atoms with E-state index in [4.69, 9.17) is 18.1 Å². The minimum Gasteiger partial charge on any atom is -0.511 e. The third kappa shape index (κ3) is 31.1. The quantitative estimate of drug-likeness (QED) is 0.362. The molecule has 0 heterocycles. The van der Waals surface area contributed by atoms with Crippen molar-refractivity contribution in [2.45, 2.75) is 105 Å². The van der Waals surface area contributed by atoms with Crippen LogP contribution >= 0.6 is 0 Å². The molecule has 7 nitrogen and oxygen atoms in total. The normalized spacial score (nSPS) is 12.3. The van der Waals surface area contributed by atoms with Gasteiger partial charge >= 0.3 is 39.3 Å². The van der Waals surface area contributed by atoms with Gasteiger partial charge in [0.15, 0.2) is 0 Å². The summed E-state index contributed by atoms with van der Waals surface area (Å²) in [5, 5.41) is 0. The van der Waals surface area contributed by atoms with Crippen LogP contribution in [-0.4, -0.2) is 50.2 Å². The second-order valence-electron chi connectivity index (χ2n) is 9.65. The monoisotopic (exact) mass is 623 g/mol. The first kappa shape index (κ1) is 38.9. The molecule has 28 heavy (non-hydrogen) atoms. The van der Waals surface area contributed by atoms with Crippen LogP contribution in [0.25, 0.3) is 0 Å². The van der Waals surface area contributed by atoms with Crippen LogP contribution < -0.4 is 0 Å². The Kier molecular flexibility index (Phi) is 18.9. The maximum absolute atomic E-state index is 10.5. The van der Waals surface area contributed by atoms with Gasteiger partial charge in [-0.15, -0.1) is 0 Å². The molecule has 10 heteroatoms. The van der Waals surface area contributed by atoms with Crippen molar-refractivity contribution >= 4 is 18.2 Å². The van der Waals surface area contributed by atoms with Crippen molar-refractivity contribution in [1.82, 2.24) is 0 Å². The summed E-state index contributed by atoms with van der Waals surface area (Å²) in [4.78, 5) is 18.7. The summed E-state index contributed by atoms with van der Waals surface area (Å²) in [5.41, 5.74) is -2.04. The molecular weight excluding hydrogens is 579 g/mol. The van der Waals surface area contributed by atoms with Crippen LogP contribution in [0.5, 0.6) is 0 Å². The average Bonchev–Trinajstić information content (AvgIpc) is 1.99. The van der Waals surface area contributed by atoms with Gasteiger partial charge in [-0.2, -0.15) is 0 Å². The standard InChI is InChI=1S/C12H28O4Si.C4H10O3Si.2CH3.Pt/c1-10(2,3)14-17(13,15-11(4,5)6)16-12(7,8)9;1-4(2,3)7-8(5)6;;;/h13H,1-9H3;5H,1-3H3;2*1H3;/q;;2*-1;+2. The van der Waals surface area contributed by atoms with Gasteiger partial charge in [-0.05, 0) is 83.1 Å². The van der Waals surface area contributed by atoms with Crippen LogP contribution in [0.2, 0.25) is 0 Å². The first-order chi connectivity index (χ1) is 10.5. The molecule has 0 amide bonds. The largest absolute Gasteiger partial charge is 2.00 e. The molecular formula is C18H44O7PtSi2. The minimum absolute atomic E-state index is 0. The number of hydrogen-bond acceptors (Lipinski definition) is 6. The van der Waals surface area contributed by atoms with E-state index in [-0.39, 0.29) is 35.9 Å². The molecule has 0 bridgehead atoms. The predicted molar refractivity (Wildman–Crippen MR) is 113 cm³/mol. The van der Waals surface area contributed by atoms with Crippen LogP contribution in [0.4, 0.5) is 0 Å². The second kappa shape index (κ2) is 13.6. The summed E-state index contributed by atoms with van der Waals surface area (Å²) in [6, 6.07) is 0. The molecule has 0 aliphatic carbocycles. The number of rotatable bonds is 4. The molecule has 0 radical (unpaired) electrons. The Morgan fingerprint density at radius 1 is 0.643 bits per heavy atom. The molecule has 176 valence electrons.